The zero-order chi connectivity index (χ0) is 13.5. The van der Waals surface area contributed by atoms with E-state index < -0.39 is 0 Å². The smallest absolute Gasteiger partial charge is 0.129 e. The van der Waals surface area contributed by atoms with E-state index in [1.54, 1.807) is 6.26 Å². The molecule has 0 radical (unpaired) electrons. The molecule has 2 unspecified atom stereocenters. The third-order valence-electron chi connectivity index (χ3n) is 3.25. The summed E-state index contributed by atoms with van der Waals surface area (Å²) in [5, 5.41) is 3.44. The van der Waals surface area contributed by atoms with Crippen molar-refractivity contribution in [2.45, 2.75) is 45.5 Å². The summed E-state index contributed by atoms with van der Waals surface area (Å²) in [5.41, 5.74) is 0. The fraction of sp³-hybridized carbons (Fsp3) is 0.733. The topological polar surface area (TPSA) is 43.6 Å². The lowest BCUT2D eigenvalue weighted by Gasteiger charge is -2.15. The van der Waals surface area contributed by atoms with Gasteiger partial charge >= 0.3 is 0 Å². The molecule has 1 aliphatic rings. The van der Waals surface area contributed by atoms with Crippen LogP contribution in [0, 0.1) is 5.92 Å². The van der Waals surface area contributed by atoms with Crippen LogP contribution < -0.4 is 5.32 Å². The molecule has 1 fully saturated rings. The van der Waals surface area contributed by atoms with Crippen LogP contribution >= 0.6 is 0 Å². The van der Waals surface area contributed by atoms with Crippen molar-refractivity contribution in [1.82, 2.24) is 5.32 Å². The Morgan fingerprint density at radius 3 is 2.95 bits per heavy atom. The van der Waals surface area contributed by atoms with E-state index in [2.05, 4.69) is 19.2 Å². The van der Waals surface area contributed by atoms with Crippen LogP contribution in [-0.2, 0) is 16.1 Å². The van der Waals surface area contributed by atoms with Gasteiger partial charge in [-0.2, -0.15) is 0 Å². The first-order chi connectivity index (χ1) is 9.24. The number of rotatable bonds is 8. The first kappa shape index (κ1) is 14.6. The van der Waals surface area contributed by atoms with E-state index in [0.29, 0.717) is 25.2 Å². The highest BCUT2D eigenvalue weighted by molar-refractivity contribution is 4.96. The third-order valence-corrected chi connectivity index (χ3v) is 3.25. The lowest BCUT2D eigenvalue weighted by atomic mass is 10.2. The Labute approximate surface area is 115 Å². The van der Waals surface area contributed by atoms with Crippen LogP contribution in [0.15, 0.2) is 22.8 Å². The van der Waals surface area contributed by atoms with Gasteiger partial charge in [-0.25, -0.2) is 0 Å². The van der Waals surface area contributed by atoms with Crippen molar-refractivity contribution in [3.8, 4) is 0 Å². The second-order valence-electron chi connectivity index (χ2n) is 5.60. The quantitative estimate of drug-likeness (QED) is 0.786. The van der Waals surface area contributed by atoms with Crippen molar-refractivity contribution in [1.29, 1.82) is 0 Å². The van der Waals surface area contributed by atoms with Crippen LogP contribution in [0.4, 0.5) is 0 Å². The summed E-state index contributed by atoms with van der Waals surface area (Å²) in [7, 11) is 0. The zero-order valence-corrected chi connectivity index (χ0v) is 11.9. The molecule has 0 aliphatic carbocycles. The molecule has 108 valence electrons. The molecule has 1 aromatic rings. The summed E-state index contributed by atoms with van der Waals surface area (Å²) in [6.07, 6.45) is 4.46. The molecule has 0 amide bonds. The monoisotopic (exact) mass is 267 g/mol. The van der Waals surface area contributed by atoms with Crippen LogP contribution in [-0.4, -0.2) is 31.9 Å². The molecule has 2 heterocycles. The molecule has 0 saturated carbocycles. The lowest BCUT2D eigenvalue weighted by Crippen LogP contribution is -2.30. The second kappa shape index (κ2) is 7.68. The molecule has 19 heavy (non-hydrogen) atoms. The Balaban J connectivity index is 1.54. The molecule has 1 aliphatic heterocycles. The van der Waals surface area contributed by atoms with Gasteiger partial charge in [0.2, 0.25) is 0 Å². The first-order valence-corrected chi connectivity index (χ1v) is 7.20. The van der Waals surface area contributed by atoms with E-state index in [1.807, 2.05) is 12.1 Å². The van der Waals surface area contributed by atoms with Gasteiger partial charge in [-0.3, -0.25) is 0 Å². The molecule has 1 aromatic heterocycles. The average molecular weight is 267 g/mol. The molecule has 2 atom stereocenters. The number of furan rings is 1. The third kappa shape index (κ3) is 5.35. The minimum Gasteiger partial charge on any atom is -0.467 e. The van der Waals surface area contributed by atoms with Gasteiger partial charge in [-0.1, -0.05) is 13.8 Å². The fourth-order valence-electron chi connectivity index (χ4n) is 2.27. The van der Waals surface area contributed by atoms with Crippen LogP contribution in [0.3, 0.4) is 0 Å². The predicted molar refractivity (Wildman–Crippen MR) is 74.0 cm³/mol. The van der Waals surface area contributed by atoms with E-state index in [4.69, 9.17) is 13.9 Å². The zero-order valence-electron chi connectivity index (χ0n) is 11.9. The maximum absolute atomic E-state index is 5.94. The summed E-state index contributed by atoms with van der Waals surface area (Å²) >= 11 is 0. The highest BCUT2D eigenvalue weighted by Gasteiger charge is 2.24. The lowest BCUT2D eigenvalue weighted by molar-refractivity contribution is -0.0221. The molecule has 1 N–H and O–H groups in total. The highest BCUT2D eigenvalue weighted by Crippen LogP contribution is 2.19. The summed E-state index contributed by atoms with van der Waals surface area (Å²) in [6.45, 7) is 7.62. The fourth-order valence-corrected chi connectivity index (χ4v) is 2.27. The van der Waals surface area contributed by atoms with Gasteiger partial charge in [0.15, 0.2) is 0 Å². The molecular formula is C15H25NO3. The maximum Gasteiger partial charge on any atom is 0.129 e. The SMILES string of the molecule is CC(C)CNCC1CCC(COCc2ccco2)O1. The average Bonchev–Trinajstić information content (AvgIpc) is 3.00. The van der Waals surface area contributed by atoms with E-state index in [1.165, 1.54) is 0 Å². The van der Waals surface area contributed by atoms with Crippen molar-refractivity contribution in [2.75, 3.05) is 19.7 Å². The highest BCUT2D eigenvalue weighted by atomic mass is 16.5. The minimum atomic E-state index is 0.237. The Morgan fingerprint density at radius 1 is 1.37 bits per heavy atom. The van der Waals surface area contributed by atoms with Crippen LogP contribution in [0.1, 0.15) is 32.4 Å². The van der Waals surface area contributed by atoms with E-state index in [9.17, 15) is 0 Å². The molecule has 0 bridgehead atoms. The molecule has 2 rings (SSSR count). The van der Waals surface area contributed by atoms with E-state index in [-0.39, 0.29) is 6.10 Å². The summed E-state index contributed by atoms with van der Waals surface area (Å²) < 4.78 is 16.8. The number of hydrogen-bond donors (Lipinski definition) is 1. The standard InChI is InChI=1S/C15H25NO3/c1-12(2)8-16-9-13-5-6-15(19-13)11-17-10-14-4-3-7-18-14/h3-4,7,12-13,15-16H,5-6,8-11H2,1-2H3. The molecule has 4 nitrogen and oxygen atoms in total. The molecule has 1 saturated heterocycles. The normalized spacial score (nSPS) is 23.3. The van der Waals surface area contributed by atoms with Gasteiger partial charge < -0.3 is 19.2 Å². The number of hydrogen-bond acceptors (Lipinski definition) is 4. The van der Waals surface area contributed by atoms with Gasteiger partial charge in [0.25, 0.3) is 0 Å². The summed E-state index contributed by atoms with van der Waals surface area (Å²) in [4.78, 5) is 0. The van der Waals surface area contributed by atoms with Gasteiger partial charge in [0, 0.05) is 6.54 Å². The number of nitrogens with one attached hydrogen (secondary N) is 1. The Hall–Kier alpha value is -0.840. The minimum absolute atomic E-state index is 0.237. The molecule has 4 heteroatoms. The summed E-state index contributed by atoms with van der Waals surface area (Å²) in [5.74, 6) is 1.56. The van der Waals surface area contributed by atoms with Gasteiger partial charge in [0.05, 0.1) is 25.1 Å². The van der Waals surface area contributed by atoms with Crippen LogP contribution in [0.2, 0.25) is 0 Å². The van der Waals surface area contributed by atoms with Crippen LogP contribution in [0.5, 0.6) is 0 Å². The largest absolute Gasteiger partial charge is 0.467 e. The Morgan fingerprint density at radius 2 is 2.21 bits per heavy atom. The van der Waals surface area contributed by atoms with Crippen molar-refractivity contribution < 1.29 is 13.9 Å². The molecular weight excluding hydrogens is 242 g/mol. The van der Waals surface area contributed by atoms with Crippen molar-refractivity contribution in [3.05, 3.63) is 24.2 Å². The van der Waals surface area contributed by atoms with Gasteiger partial charge in [0.1, 0.15) is 12.4 Å². The Kier molecular flexibility index (Phi) is 5.89. The van der Waals surface area contributed by atoms with Crippen molar-refractivity contribution in [2.24, 2.45) is 5.92 Å². The van der Waals surface area contributed by atoms with Gasteiger partial charge in [-0.15, -0.1) is 0 Å². The second-order valence-corrected chi connectivity index (χ2v) is 5.60. The predicted octanol–water partition coefficient (Wildman–Crippen LogP) is 2.59. The maximum atomic E-state index is 5.94. The van der Waals surface area contributed by atoms with Crippen molar-refractivity contribution in [3.63, 3.8) is 0 Å². The number of ether oxygens (including phenoxy) is 2. The first-order valence-electron chi connectivity index (χ1n) is 7.20. The van der Waals surface area contributed by atoms with E-state index in [0.717, 1.165) is 31.7 Å². The van der Waals surface area contributed by atoms with Gasteiger partial charge in [-0.05, 0) is 37.4 Å². The Bertz CT molecular complexity index is 337. The molecule has 0 aromatic carbocycles. The van der Waals surface area contributed by atoms with Crippen LogP contribution in [0.25, 0.3) is 0 Å². The van der Waals surface area contributed by atoms with Crippen molar-refractivity contribution >= 4 is 0 Å². The van der Waals surface area contributed by atoms with E-state index >= 15 is 0 Å². The molecule has 0 spiro atoms. The summed E-state index contributed by atoms with van der Waals surface area (Å²) in [6, 6.07) is 3.80.